The summed E-state index contributed by atoms with van der Waals surface area (Å²) >= 11 is 6.06. The molecule has 0 saturated heterocycles. The molecule has 4 nitrogen and oxygen atoms in total. The molecule has 2 rings (SSSR count). The first-order chi connectivity index (χ1) is 12.8. The SMILES string of the molecule is CCNC(=O)C(C)N(Cc1ccc(C)cc1)C(=O)Cc1c(F)cccc1Cl. The Labute approximate surface area is 164 Å². The maximum Gasteiger partial charge on any atom is 0.242 e. The molecule has 0 fully saturated rings. The van der Waals surface area contributed by atoms with Crippen molar-refractivity contribution in [2.24, 2.45) is 0 Å². The third-order valence-corrected chi connectivity index (χ3v) is 4.74. The minimum absolute atomic E-state index is 0.140. The number of halogens is 2. The summed E-state index contributed by atoms with van der Waals surface area (Å²) in [6, 6.07) is 11.3. The molecular weight excluding hydrogens is 367 g/mol. The number of carbonyl (C=O) groups is 2. The molecular formula is C21H24ClFN2O2. The van der Waals surface area contributed by atoms with E-state index in [-0.39, 0.29) is 35.4 Å². The van der Waals surface area contributed by atoms with Crippen molar-refractivity contribution in [3.63, 3.8) is 0 Å². The van der Waals surface area contributed by atoms with Crippen LogP contribution in [0.1, 0.15) is 30.5 Å². The lowest BCUT2D eigenvalue weighted by atomic mass is 10.1. The van der Waals surface area contributed by atoms with Gasteiger partial charge in [-0.05, 0) is 38.5 Å². The maximum atomic E-state index is 14.1. The first kappa shape index (κ1) is 20.9. The van der Waals surface area contributed by atoms with E-state index in [4.69, 9.17) is 11.6 Å². The summed E-state index contributed by atoms with van der Waals surface area (Å²) in [6.45, 7) is 6.18. The monoisotopic (exact) mass is 390 g/mol. The smallest absolute Gasteiger partial charge is 0.242 e. The normalized spacial score (nSPS) is 11.7. The van der Waals surface area contributed by atoms with Crippen molar-refractivity contribution in [3.05, 3.63) is 70.0 Å². The predicted octanol–water partition coefficient (Wildman–Crippen LogP) is 3.88. The van der Waals surface area contributed by atoms with Gasteiger partial charge in [-0.2, -0.15) is 0 Å². The van der Waals surface area contributed by atoms with Gasteiger partial charge in [0.2, 0.25) is 11.8 Å². The number of hydrogen-bond donors (Lipinski definition) is 1. The van der Waals surface area contributed by atoms with Crippen molar-refractivity contribution in [1.82, 2.24) is 10.2 Å². The van der Waals surface area contributed by atoms with Gasteiger partial charge < -0.3 is 10.2 Å². The van der Waals surface area contributed by atoms with Gasteiger partial charge in [-0.1, -0.05) is 47.5 Å². The molecule has 1 N–H and O–H groups in total. The van der Waals surface area contributed by atoms with E-state index in [2.05, 4.69) is 5.32 Å². The number of amides is 2. The second-order valence-electron chi connectivity index (χ2n) is 6.45. The Hall–Kier alpha value is -2.40. The first-order valence-corrected chi connectivity index (χ1v) is 9.26. The van der Waals surface area contributed by atoms with Gasteiger partial charge in [0.15, 0.2) is 0 Å². The van der Waals surface area contributed by atoms with Crippen LogP contribution in [-0.2, 0) is 22.6 Å². The summed E-state index contributed by atoms with van der Waals surface area (Å²) in [5.41, 5.74) is 2.14. The molecule has 27 heavy (non-hydrogen) atoms. The topological polar surface area (TPSA) is 49.4 Å². The number of nitrogens with one attached hydrogen (secondary N) is 1. The minimum Gasteiger partial charge on any atom is -0.355 e. The molecule has 1 unspecified atom stereocenters. The van der Waals surface area contributed by atoms with Gasteiger partial charge in [-0.15, -0.1) is 0 Å². The molecule has 0 aliphatic carbocycles. The van der Waals surface area contributed by atoms with E-state index in [1.54, 1.807) is 13.0 Å². The van der Waals surface area contributed by atoms with Crippen LogP contribution in [0.15, 0.2) is 42.5 Å². The van der Waals surface area contributed by atoms with Crippen LogP contribution in [0.5, 0.6) is 0 Å². The van der Waals surface area contributed by atoms with Gasteiger partial charge in [0.05, 0.1) is 6.42 Å². The highest BCUT2D eigenvalue weighted by Crippen LogP contribution is 2.21. The maximum absolute atomic E-state index is 14.1. The highest BCUT2D eigenvalue weighted by molar-refractivity contribution is 6.31. The van der Waals surface area contributed by atoms with Crippen molar-refractivity contribution in [3.8, 4) is 0 Å². The molecule has 0 bridgehead atoms. The van der Waals surface area contributed by atoms with Crippen molar-refractivity contribution in [2.75, 3.05) is 6.54 Å². The second kappa shape index (κ2) is 9.51. The summed E-state index contributed by atoms with van der Waals surface area (Å²) in [5.74, 6) is -1.14. The van der Waals surface area contributed by atoms with Gasteiger partial charge in [-0.25, -0.2) is 4.39 Å². The molecule has 2 amide bonds. The zero-order valence-corrected chi connectivity index (χ0v) is 16.5. The van der Waals surface area contributed by atoms with E-state index < -0.39 is 11.9 Å². The number of carbonyl (C=O) groups excluding carboxylic acids is 2. The number of likely N-dealkylation sites (N-methyl/N-ethyl adjacent to an activating group) is 1. The summed E-state index contributed by atoms with van der Waals surface area (Å²) < 4.78 is 14.1. The molecule has 0 saturated carbocycles. The fraction of sp³-hybridized carbons (Fsp3) is 0.333. The van der Waals surface area contributed by atoms with Crippen molar-refractivity contribution >= 4 is 23.4 Å². The predicted molar refractivity (Wildman–Crippen MR) is 105 cm³/mol. The van der Waals surface area contributed by atoms with Crippen LogP contribution < -0.4 is 5.32 Å². The van der Waals surface area contributed by atoms with Crippen LogP contribution in [0.2, 0.25) is 5.02 Å². The number of nitrogens with zero attached hydrogens (tertiary/aromatic N) is 1. The lowest BCUT2D eigenvalue weighted by Gasteiger charge is -2.29. The van der Waals surface area contributed by atoms with E-state index in [9.17, 15) is 14.0 Å². The van der Waals surface area contributed by atoms with E-state index in [0.717, 1.165) is 11.1 Å². The largest absolute Gasteiger partial charge is 0.355 e. The Morgan fingerprint density at radius 1 is 1.19 bits per heavy atom. The summed E-state index contributed by atoms with van der Waals surface area (Å²) in [6.07, 6.45) is -0.207. The number of benzene rings is 2. The summed E-state index contributed by atoms with van der Waals surface area (Å²) in [7, 11) is 0. The van der Waals surface area contributed by atoms with E-state index in [1.165, 1.54) is 17.0 Å². The first-order valence-electron chi connectivity index (χ1n) is 8.89. The van der Waals surface area contributed by atoms with E-state index in [0.29, 0.717) is 6.54 Å². The number of hydrogen-bond acceptors (Lipinski definition) is 2. The highest BCUT2D eigenvalue weighted by Gasteiger charge is 2.27. The van der Waals surface area contributed by atoms with Gasteiger partial charge in [0.1, 0.15) is 11.9 Å². The van der Waals surface area contributed by atoms with E-state index >= 15 is 0 Å². The van der Waals surface area contributed by atoms with Crippen LogP contribution in [0.3, 0.4) is 0 Å². The Balaban J connectivity index is 2.28. The van der Waals surface area contributed by atoms with Gasteiger partial charge in [0, 0.05) is 23.7 Å². The highest BCUT2D eigenvalue weighted by atomic mass is 35.5. The Morgan fingerprint density at radius 3 is 2.44 bits per heavy atom. The van der Waals surface area contributed by atoms with Crippen molar-refractivity contribution in [2.45, 2.75) is 39.8 Å². The molecule has 6 heteroatoms. The molecule has 0 aromatic heterocycles. The number of rotatable bonds is 7. The van der Waals surface area contributed by atoms with Crippen LogP contribution in [-0.4, -0.2) is 29.3 Å². The zero-order chi connectivity index (χ0) is 20.0. The molecule has 0 spiro atoms. The van der Waals surface area contributed by atoms with Crippen LogP contribution in [0, 0.1) is 12.7 Å². The lowest BCUT2D eigenvalue weighted by molar-refractivity contribution is -0.140. The molecule has 2 aromatic carbocycles. The molecule has 0 heterocycles. The Bertz CT molecular complexity index is 788. The van der Waals surface area contributed by atoms with Crippen LogP contribution in [0.4, 0.5) is 4.39 Å². The fourth-order valence-electron chi connectivity index (χ4n) is 2.75. The Kier molecular flexibility index (Phi) is 7.36. The van der Waals surface area contributed by atoms with Crippen molar-refractivity contribution < 1.29 is 14.0 Å². The standard InChI is InChI=1S/C21H24ClFN2O2/c1-4-24-21(27)15(3)25(13-16-10-8-14(2)9-11-16)20(26)12-17-18(22)6-5-7-19(17)23/h5-11,15H,4,12-13H2,1-3H3,(H,24,27). The fourth-order valence-corrected chi connectivity index (χ4v) is 2.98. The molecule has 0 radical (unpaired) electrons. The third-order valence-electron chi connectivity index (χ3n) is 4.38. The van der Waals surface area contributed by atoms with Gasteiger partial charge >= 0.3 is 0 Å². The van der Waals surface area contributed by atoms with Gasteiger partial charge in [0.25, 0.3) is 0 Å². The molecule has 2 aromatic rings. The number of aryl methyl sites for hydroxylation is 1. The minimum atomic E-state index is -0.690. The zero-order valence-electron chi connectivity index (χ0n) is 15.8. The van der Waals surface area contributed by atoms with Gasteiger partial charge in [-0.3, -0.25) is 9.59 Å². The summed E-state index contributed by atoms with van der Waals surface area (Å²) in [5, 5.41) is 2.93. The quantitative estimate of drug-likeness (QED) is 0.779. The van der Waals surface area contributed by atoms with E-state index in [1.807, 2.05) is 38.1 Å². The second-order valence-corrected chi connectivity index (χ2v) is 6.86. The third kappa shape index (κ3) is 5.54. The average Bonchev–Trinajstić information content (AvgIpc) is 2.64. The molecule has 144 valence electrons. The van der Waals surface area contributed by atoms with Crippen molar-refractivity contribution in [1.29, 1.82) is 0 Å². The van der Waals surface area contributed by atoms with Crippen LogP contribution in [0.25, 0.3) is 0 Å². The molecule has 1 atom stereocenters. The molecule has 0 aliphatic rings. The lowest BCUT2D eigenvalue weighted by Crippen LogP contribution is -2.48. The average molecular weight is 391 g/mol. The van der Waals surface area contributed by atoms with Crippen LogP contribution >= 0.6 is 11.6 Å². The molecule has 0 aliphatic heterocycles. The Morgan fingerprint density at radius 2 is 1.85 bits per heavy atom. The summed E-state index contributed by atoms with van der Waals surface area (Å²) in [4.78, 5) is 26.7.